The van der Waals surface area contributed by atoms with Crippen LogP contribution in [0.5, 0.6) is 5.88 Å². The van der Waals surface area contributed by atoms with Crippen LogP contribution in [0.4, 0.5) is 0 Å². The number of pyridine rings is 1. The number of hydrogen-bond acceptors (Lipinski definition) is 3. The summed E-state index contributed by atoms with van der Waals surface area (Å²) in [6, 6.07) is 9.40. The Hall–Kier alpha value is -2.16. The van der Waals surface area contributed by atoms with Gasteiger partial charge < -0.3 is 4.74 Å². The van der Waals surface area contributed by atoms with E-state index in [0.29, 0.717) is 11.4 Å². The van der Waals surface area contributed by atoms with Crippen LogP contribution >= 0.6 is 0 Å². The second-order valence-electron chi connectivity index (χ2n) is 3.73. The molecule has 0 saturated heterocycles. The Labute approximate surface area is 100 Å². The lowest BCUT2D eigenvalue weighted by Gasteiger charge is -2.08. The van der Waals surface area contributed by atoms with Gasteiger partial charge in [0.15, 0.2) is 0 Å². The Kier molecular flexibility index (Phi) is 3.19. The Morgan fingerprint density at radius 1 is 1.24 bits per heavy atom. The molecule has 86 valence electrons. The topological polar surface area (TPSA) is 39.2 Å². The van der Waals surface area contributed by atoms with Gasteiger partial charge in [-0.3, -0.25) is 4.79 Å². The summed E-state index contributed by atoms with van der Waals surface area (Å²) in [6.07, 6.45) is 2.62. The van der Waals surface area contributed by atoms with Gasteiger partial charge in [0.25, 0.3) is 0 Å². The van der Waals surface area contributed by atoms with Crippen LogP contribution in [0.25, 0.3) is 11.1 Å². The van der Waals surface area contributed by atoms with Crippen LogP contribution in [-0.2, 0) is 0 Å². The van der Waals surface area contributed by atoms with E-state index in [-0.39, 0.29) is 0 Å². The van der Waals surface area contributed by atoms with Crippen molar-refractivity contribution in [3.8, 4) is 17.0 Å². The zero-order chi connectivity index (χ0) is 12.3. The minimum absolute atomic E-state index is 0.581. The molecule has 3 nitrogen and oxygen atoms in total. The Balaban J connectivity index is 2.48. The lowest BCUT2D eigenvalue weighted by atomic mass is 9.98. The molecule has 0 amide bonds. The van der Waals surface area contributed by atoms with Crippen molar-refractivity contribution in [1.29, 1.82) is 0 Å². The van der Waals surface area contributed by atoms with Crippen molar-refractivity contribution in [2.24, 2.45) is 0 Å². The molecule has 0 saturated carbocycles. The number of nitrogens with zero attached hydrogens (tertiary/aromatic N) is 1. The van der Waals surface area contributed by atoms with E-state index < -0.39 is 0 Å². The summed E-state index contributed by atoms with van der Waals surface area (Å²) in [7, 11) is 1.58. The molecule has 3 heteroatoms. The number of carbonyl (C=O) groups excluding carboxylic acids is 1. The summed E-state index contributed by atoms with van der Waals surface area (Å²) < 4.78 is 5.01. The zero-order valence-corrected chi connectivity index (χ0v) is 9.81. The van der Waals surface area contributed by atoms with Crippen LogP contribution < -0.4 is 4.74 Å². The van der Waals surface area contributed by atoms with Gasteiger partial charge >= 0.3 is 0 Å². The van der Waals surface area contributed by atoms with Gasteiger partial charge in [0, 0.05) is 23.4 Å². The first-order valence-electron chi connectivity index (χ1n) is 5.31. The normalized spacial score (nSPS) is 10.0. The summed E-state index contributed by atoms with van der Waals surface area (Å²) in [5, 5.41) is 0. The SMILES string of the molecule is COc1ccc(-c2cccc(C=O)c2C)cn1. The quantitative estimate of drug-likeness (QED) is 0.757. The van der Waals surface area contributed by atoms with E-state index in [9.17, 15) is 4.79 Å². The van der Waals surface area contributed by atoms with Crippen LogP contribution in [0.15, 0.2) is 36.5 Å². The predicted molar refractivity (Wildman–Crippen MR) is 66.3 cm³/mol. The maximum Gasteiger partial charge on any atom is 0.212 e. The summed E-state index contributed by atoms with van der Waals surface area (Å²) in [6.45, 7) is 1.93. The highest BCUT2D eigenvalue weighted by molar-refractivity contribution is 5.82. The number of ether oxygens (including phenoxy) is 1. The van der Waals surface area contributed by atoms with Gasteiger partial charge in [-0.1, -0.05) is 18.2 Å². The van der Waals surface area contributed by atoms with E-state index in [4.69, 9.17) is 4.74 Å². The van der Waals surface area contributed by atoms with E-state index in [0.717, 1.165) is 23.0 Å². The zero-order valence-electron chi connectivity index (χ0n) is 9.81. The number of aromatic nitrogens is 1. The molecule has 0 aliphatic carbocycles. The molecule has 0 bridgehead atoms. The Morgan fingerprint density at radius 3 is 2.65 bits per heavy atom. The third kappa shape index (κ3) is 2.18. The molecule has 0 unspecified atom stereocenters. The molecule has 0 atom stereocenters. The standard InChI is InChI=1S/C14H13NO2/c1-10-12(9-16)4-3-5-13(10)11-6-7-14(17-2)15-8-11/h3-9H,1-2H3. The Bertz CT molecular complexity index is 532. The number of hydrogen-bond donors (Lipinski definition) is 0. The molecule has 1 heterocycles. The van der Waals surface area contributed by atoms with Crippen LogP contribution in [0.1, 0.15) is 15.9 Å². The largest absolute Gasteiger partial charge is 0.481 e. The third-order valence-corrected chi connectivity index (χ3v) is 2.76. The number of methoxy groups -OCH3 is 1. The van der Waals surface area contributed by atoms with E-state index >= 15 is 0 Å². The molecular formula is C14H13NO2. The predicted octanol–water partition coefficient (Wildman–Crippen LogP) is 2.88. The number of aldehydes is 1. The fourth-order valence-electron chi connectivity index (χ4n) is 1.75. The smallest absolute Gasteiger partial charge is 0.212 e. The maximum absolute atomic E-state index is 10.9. The fraction of sp³-hybridized carbons (Fsp3) is 0.143. The molecule has 0 aliphatic rings. The molecule has 1 aromatic carbocycles. The first-order valence-corrected chi connectivity index (χ1v) is 5.31. The van der Waals surface area contributed by atoms with Crippen molar-refractivity contribution in [3.05, 3.63) is 47.7 Å². The van der Waals surface area contributed by atoms with Crippen molar-refractivity contribution in [3.63, 3.8) is 0 Å². The van der Waals surface area contributed by atoms with Gasteiger partial charge in [0.1, 0.15) is 6.29 Å². The highest BCUT2D eigenvalue weighted by Gasteiger charge is 2.06. The minimum atomic E-state index is 0.581. The van der Waals surface area contributed by atoms with E-state index in [1.807, 2.05) is 37.3 Å². The first-order chi connectivity index (χ1) is 8.26. The van der Waals surface area contributed by atoms with Gasteiger partial charge in [-0.05, 0) is 24.1 Å². The highest BCUT2D eigenvalue weighted by Crippen LogP contribution is 2.25. The van der Waals surface area contributed by atoms with Crippen molar-refractivity contribution in [2.75, 3.05) is 7.11 Å². The summed E-state index contributed by atoms with van der Waals surface area (Å²) in [4.78, 5) is 15.0. The maximum atomic E-state index is 10.9. The van der Waals surface area contributed by atoms with Crippen LogP contribution in [0.3, 0.4) is 0 Å². The number of benzene rings is 1. The highest BCUT2D eigenvalue weighted by atomic mass is 16.5. The van der Waals surface area contributed by atoms with E-state index in [2.05, 4.69) is 4.98 Å². The summed E-state index contributed by atoms with van der Waals surface area (Å²) in [5.41, 5.74) is 3.67. The molecule has 0 N–H and O–H groups in total. The lowest BCUT2D eigenvalue weighted by Crippen LogP contribution is -1.92. The van der Waals surface area contributed by atoms with Crippen LogP contribution in [0.2, 0.25) is 0 Å². The molecule has 0 fully saturated rings. The molecule has 0 radical (unpaired) electrons. The average molecular weight is 227 g/mol. The van der Waals surface area contributed by atoms with Gasteiger partial charge in [0.2, 0.25) is 5.88 Å². The van der Waals surface area contributed by atoms with Gasteiger partial charge in [-0.25, -0.2) is 4.98 Å². The minimum Gasteiger partial charge on any atom is -0.481 e. The monoisotopic (exact) mass is 227 g/mol. The van der Waals surface area contributed by atoms with Crippen molar-refractivity contribution in [1.82, 2.24) is 4.98 Å². The Morgan fingerprint density at radius 2 is 2.06 bits per heavy atom. The number of carbonyl (C=O) groups is 1. The third-order valence-electron chi connectivity index (χ3n) is 2.76. The van der Waals surface area contributed by atoms with Gasteiger partial charge in [-0.15, -0.1) is 0 Å². The summed E-state index contributed by atoms with van der Waals surface area (Å²) >= 11 is 0. The van der Waals surface area contributed by atoms with Crippen molar-refractivity contribution >= 4 is 6.29 Å². The van der Waals surface area contributed by atoms with Crippen LogP contribution in [0, 0.1) is 6.92 Å². The fourth-order valence-corrected chi connectivity index (χ4v) is 1.75. The summed E-state index contributed by atoms with van der Waals surface area (Å²) in [5.74, 6) is 0.581. The molecular weight excluding hydrogens is 214 g/mol. The van der Waals surface area contributed by atoms with Gasteiger partial charge in [-0.2, -0.15) is 0 Å². The van der Waals surface area contributed by atoms with Crippen molar-refractivity contribution < 1.29 is 9.53 Å². The first kappa shape index (κ1) is 11.3. The molecule has 0 spiro atoms. The lowest BCUT2D eigenvalue weighted by molar-refractivity contribution is 0.112. The second kappa shape index (κ2) is 4.78. The molecule has 0 aliphatic heterocycles. The molecule has 17 heavy (non-hydrogen) atoms. The second-order valence-corrected chi connectivity index (χ2v) is 3.73. The van der Waals surface area contributed by atoms with Crippen molar-refractivity contribution in [2.45, 2.75) is 6.92 Å². The van der Waals surface area contributed by atoms with E-state index in [1.54, 1.807) is 13.3 Å². The number of rotatable bonds is 3. The van der Waals surface area contributed by atoms with E-state index in [1.165, 1.54) is 0 Å². The average Bonchev–Trinajstić information content (AvgIpc) is 2.39. The van der Waals surface area contributed by atoms with Gasteiger partial charge in [0.05, 0.1) is 7.11 Å². The molecule has 1 aromatic heterocycles. The molecule has 2 rings (SSSR count). The molecule has 2 aromatic rings. The van der Waals surface area contributed by atoms with Crippen LogP contribution in [-0.4, -0.2) is 18.4 Å².